The predicted molar refractivity (Wildman–Crippen MR) is 173 cm³/mol. The lowest BCUT2D eigenvalue weighted by molar-refractivity contribution is 0.0695. The van der Waals surface area contributed by atoms with Crippen molar-refractivity contribution >= 4 is 16.9 Å². The number of benzene rings is 2. The predicted octanol–water partition coefficient (Wildman–Crippen LogP) is 7.66. The molecule has 0 radical (unpaired) electrons. The molecule has 228 valence electrons. The van der Waals surface area contributed by atoms with Gasteiger partial charge in [-0.3, -0.25) is 9.69 Å². The van der Waals surface area contributed by atoms with Crippen LogP contribution in [0.5, 0.6) is 0 Å². The molecular formula is C36H48N6O. The van der Waals surface area contributed by atoms with Crippen molar-refractivity contribution in [3.05, 3.63) is 83.7 Å². The third kappa shape index (κ3) is 7.56. The molecule has 2 saturated carbocycles. The number of imidazole rings is 2. The minimum atomic E-state index is -0.0173. The summed E-state index contributed by atoms with van der Waals surface area (Å²) >= 11 is 0. The minimum absolute atomic E-state index is 0.0173. The van der Waals surface area contributed by atoms with Crippen molar-refractivity contribution < 1.29 is 4.79 Å². The molecule has 1 amide bonds. The highest BCUT2D eigenvalue weighted by Gasteiger charge is 2.30. The number of hydrogen-bond acceptors (Lipinski definition) is 4. The maximum Gasteiger partial charge on any atom is 0.254 e. The van der Waals surface area contributed by atoms with Gasteiger partial charge < -0.3 is 14.9 Å². The lowest BCUT2D eigenvalue weighted by atomic mass is 9.81. The molecule has 6 rings (SSSR count). The summed E-state index contributed by atoms with van der Waals surface area (Å²) in [4.78, 5) is 34.0. The number of hydrogen-bond donors (Lipinski definition) is 2. The Morgan fingerprint density at radius 1 is 0.884 bits per heavy atom. The van der Waals surface area contributed by atoms with Crippen molar-refractivity contribution in [1.82, 2.24) is 29.7 Å². The van der Waals surface area contributed by atoms with E-state index in [0.29, 0.717) is 18.7 Å². The first-order valence-corrected chi connectivity index (χ1v) is 16.7. The fraction of sp³-hybridized carbons (Fsp3) is 0.528. The van der Waals surface area contributed by atoms with Crippen molar-refractivity contribution in [3.63, 3.8) is 0 Å². The van der Waals surface area contributed by atoms with Gasteiger partial charge in [-0.2, -0.15) is 0 Å². The van der Waals surface area contributed by atoms with E-state index in [1.165, 1.54) is 82.7 Å². The van der Waals surface area contributed by atoms with E-state index in [-0.39, 0.29) is 5.91 Å². The van der Waals surface area contributed by atoms with Gasteiger partial charge in [-0.05, 0) is 100 Å². The molecule has 2 N–H and O–H groups in total. The quantitative estimate of drug-likeness (QED) is 0.180. The summed E-state index contributed by atoms with van der Waals surface area (Å²) in [5, 5.41) is 0. The number of carbonyl (C=O) groups is 1. The van der Waals surface area contributed by atoms with E-state index < -0.39 is 0 Å². The average Bonchev–Trinajstić information content (AvgIpc) is 3.73. The zero-order valence-corrected chi connectivity index (χ0v) is 25.8. The van der Waals surface area contributed by atoms with Crippen LogP contribution < -0.4 is 0 Å². The number of aryl methyl sites for hydroxylation is 1. The normalized spacial score (nSPS) is 19.7. The first-order valence-electron chi connectivity index (χ1n) is 16.7. The summed E-state index contributed by atoms with van der Waals surface area (Å²) in [6.45, 7) is 4.40. The topological polar surface area (TPSA) is 80.9 Å². The highest BCUT2D eigenvalue weighted by Crippen LogP contribution is 2.34. The second-order valence-corrected chi connectivity index (χ2v) is 12.8. The van der Waals surface area contributed by atoms with Gasteiger partial charge in [0.15, 0.2) is 0 Å². The van der Waals surface area contributed by atoms with Gasteiger partial charge in [0, 0.05) is 30.0 Å². The van der Waals surface area contributed by atoms with E-state index in [1.54, 1.807) is 17.3 Å². The standard InChI is InChI=1S/C36H48N6O/c1-2-24-42(30-8-4-3-5-9-30)31-20-16-28(17-21-31)13-12-27-14-18-29(19-15-27)36(43)41(25-34-37-22-23-38-34)26-35-39-32-10-6-7-11-33(32)40-35/h6-7,10-11,14-15,18-19,22-23,28,30-31H,2-5,8-9,12-13,16-17,20-21,24-26H2,1H3,(H,37,38)(H,39,40). The molecular weight excluding hydrogens is 532 g/mol. The maximum absolute atomic E-state index is 13.7. The highest BCUT2D eigenvalue weighted by atomic mass is 16.2. The summed E-state index contributed by atoms with van der Waals surface area (Å²) in [5.74, 6) is 2.33. The van der Waals surface area contributed by atoms with Crippen LogP contribution in [0.2, 0.25) is 0 Å². The zero-order chi connectivity index (χ0) is 29.4. The van der Waals surface area contributed by atoms with Crippen molar-refractivity contribution in [1.29, 1.82) is 0 Å². The second-order valence-electron chi connectivity index (χ2n) is 12.8. The van der Waals surface area contributed by atoms with Crippen molar-refractivity contribution in [2.24, 2.45) is 5.92 Å². The molecule has 0 atom stereocenters. The summed E-state index contributed by atoms with van der Waals surface area (Å²) < 4.78 is 0. The van der Waals surface area contributed by atoms with Gasteiger partial charge >= 0.3 is 0 Å². The van der Waals surface area contributed by atoms with Crippen LogP contribution in [0.4, 0.5) is 0 Å². The van der Waals surface area contributed by atoms with Crippen LogP contribution in [0.25, 0.3) is 11.0 Å². The number of carbonyl (C=O) groups excluding carboxylic acids is 1. The SMILES string of the molecule is CCCN(C1CCCCC1)C1CCC(CCc2ccc(C(=O)N(Cc3ncc[nH]3)Cc3nc4ccccc4[nH]3)cc2)CC1. The van der Waals surface area contributed by atoms with Gasteiger partial charge in [0.05, 0.1) is 24.1 Å². The Hall–Kier alpha value is -3.45. The molecule has 0 spiro atoms. The van der Waals surface area contributed by atoms with Gasteiger partial charge in [0.1, 0.15) is 11.6 Å². The van der Waals surface area contributed by atoms with Gasteiger partial charge in [0.25, 0.3) is 5.91 Å². The lowest BCUT2D eigenvalue weighted by Gasteiger charge is -2.43. The van der Waals surface area contributed by atoms with Gasteiger partial charge in [-0.1, -0.05) is 50.5 Å². The Balaban J connectivity index is 1.03. The molecule has 0 unspecified atom stereocenters. The maximum atomic E-state index is 13.7. The van der Waals surface area contributed by atoms with E-state index in [9.17, 15) is 4.79 Å². The number of H-pyrrole nitrogens is 2. The van der Waals surface area contributed by atoms with E-state index in [4.69, 9.17) is 4.98 Å². The molecule has 4 aromatic rings. The molecule has 2 heterocycles. The molecule has 0 aliphatic heterocycles. The third-order valence-corrected chi connectivity index (χ3v) is 9.81. The molecule has 7 heteroatoms. The van der Waals surface area contributed by atoms with E-state index in [0.717, 1.165) is 47.1 Å². The van der Waals surface area contributed by atoms with Gasteiger partial charge in [-0.25, -0.2) is 9.97 Å². The number of amides is 1. The smallest absolute Gasteiger partial charge is 0.254 e. The summed E-state index contributed by atoms with van der Waals surface area (Å²) in [6.07, 6.45) is 19.7. The Morgan fingerprint density at radius 3 is 2.35 bits per heavy atom. The van der Waals surface area contributed by atoms with E-state index in [2.05, 4.69) is 38.9 Å². The van der Waals surface area contributed by atoms with E-state index in [1.807, 2.05) is 36.4 Å². The van der Waals surface area contributed by atoms with Crippen molar-refractivity contribution in [2.45, 2.75) is 109 Å². The molecule has 2 aromatic heterocycles. The van der Waals surface area contributed by atoms with Crippen LogP contribution in [-0.4, -0.2) is 54.3 Å². The monoisotopic (exact) mass is 580 g/mol. The Labute approximate surface area is 256 Å². The number of nitrogens with one attached hydrogen (secondary N) is 2. The van der Waals surface area contributed by atoms with Crippen LogP contribution in [0.15, 0.2) is 60.9 Å². The van der Waals surface area contributed by atoms with Crippen molar-refractivity contribution in [3.8, 4) is 0 Å². The third-order valence-electron chi connectivity index (χ3n) is 9.81. The fourth-order valence-electron chi connectivity index (χ4n) is 7.49. The average molecular weight is 581 g/mol. The van der Waals surface area contributed by atoms with Crippen LogP contribution in [0, 0.1) is 5.92 Å². The molecule has 0 saturated heterocycles. The summed E-state index contributed by atoms with van der Waals surface area (Å²) in [6, 6.07) is 17.9. The number of rotatable bonds is 12. The Kier molecular flexibility index (Phi) is 9.88. The van der Waals surface area contributed by atoms with Crippen LogP contribution in [0.1, 0.15) is 105 Å². The number of nitrogens with zero attached hydrogens (tertiary/aromatic N) is 4. The molecule has 43 heavy (non-hydrogen) atoms. The zero-order valence-electron chi connectivity index (χ0n) is 25.8. The first-order chi connectivity index (χ1) is 21.2. The summed E-state index contributed by atoms with van der Waals surface area (Å²) in [7, 11) is 0. The molecule has 2 aliphatic carbocycles. The Bertz CT molecular complexity index is 1380. The molecule has 2 aromatic carbocycles. The van der Waals surface area contributed by atoms with Gasteiger partial charge in [-0.15, -0.1) is 0 Å². The van der Waals surface area contributed by atoms with Crippen molar-refractivity contribution in [2.75, 3.05) is 6.54 Å². The molecule has 2 fully saturated rings. The number of fused-ring (bicyclic) bond motifs is 1. The highest BCUT2D eigenvalue weighted by molar-refractivity contribution is 5.94. The fourth-order valence-corrected chi connectivity index (χ4v) is 7.49. The van der Waals surface area contributed by atoms with Gasteiger partial charge in [0.2, 0.25) is 0 Å². The Morgan fingerprint density at radius 2 is 1.63 bits per heavy atom. The minimum Gasteiger partial charge on any atom is -0.347 e. The number of aromatic nitrogens is 4. The second kappa shape index (κ2) is 14.3. The largest absolute Gasteiger partial charge is 0.347 e. The lowest BCUT2D eigenvalue weighted by Crippen LogP contribution is -2.46. The number of para-hydroxylation sites is 2. The van der Waals surface area contributed by atoms with Crippen LogP contribution in [-0.2, 0) is 19.5 Å². The molecule has 2 aliphatic rings. The molecule has 7 nitrogen and oxygen atoms in total. The summed E-state index contributed by atoms with van der Waals surface area (Å²) in [5.41, 5.74) is 3.90. The first kappa shape index (κ1) is 29.6. The molecule has 0 bridgehead atoms. The van der Waals surface area contributed by atoms with E-state index >= 15 is 0 Å². The number of aromatic amines is 2. The van der Waals surface area contributed by atoms with Crippen LogP contribution >= 0.6 is 0 Å². The van der Waals surface area contributed by atoms with Crippen LogP contribution in [0.3, 0.4) is 0 Å².